The molecule has 1 amide bonds. The molecule has 4 rings (SSSR count). The fraction of sp³-hybridized carbons (Fsp3) is 0.348. The van der Waals surface area contributed by atoms with Crippen molar-refractivity contribution in [2.75, 3.05) is 32.1 Å². The third kappa shape index (κ3) is 3.65. The quantitative estimate of drug-likeness (QED) is 0.654. The van der Waals surface area contributed by atoms with Gasteiger partial charge in [-0.25, -0.2) is 9.97 Å². The molecule has 150 valence electrons. The number of likely N-dealkylation sites (tertiary alicyclic amines) is 1. The molecule has 1 aliphatic heterocycles. The summed E-state index contributed by atoms with van der Waals surface area (Å²) >= 11 is 1.69. The zero-order chi connectivity index (χ0) is 20.4. The van der Waals surface area contributed by atoms with E-state index < -0.39 is 0 Å². The second kappa shape index (κ2) is 7.95. The Kier molecular flexibility index (Phi) is 5.37. The van der Waals surface area contributed by atoms with Crippen molar-refractivity contribution in [3.63, 3.8) is 0 Å². The van der Waals surface area contributed by atoms with Crippen LogP contribution >= 0.6 is 11.3 Å². The summed E-state index contributed by atoms with van der Waals surface area (Å²) in [6, 6.07) is 14.3. The zero-order valence-corrected chi connectivity index (χ0v) is 17.9. The number of piperidine rings is 1. The van der Waals surface area contributed by atoms with Gasteiger partial charge in [-0.05, 0) is 37.5 Å². The highest BCUT2D eigenvalue weighted by Gasteiger charge is 2.41. The van der Waals surface area contributed by atoms with Crippen molar-refractivity contribution in [1.82, 2.24) is 14.9 Å². The molecule has 5 nitrogen and oxygen atoms in total. The molecule has 1 aromatic carbocycles. The number of thiazole rings is 1. The third-order valence-electron chi connectivity index (χ3n) is 5.78. The fourth-order valence-corrected chi connectivity index (χ4v) is 4.93. The molecule has 29 heavy (non-hydrogen) atoms. The van der Waals surface area contributed by atoms with E-state index in [-0.39, 0.29) is 11.3 Å². The normalized spacial score (nSPS) is 15.9. The van der Waals surface area contributed by atoms with Gasteiger partial charge >= 0.3 is 0 Å². The van der Waals surface area contributed by atoms with Gasteiger partial charge in [-0.15, -0.1) is 11.3 Å². The van der Waals surface area contributed by atoms with Crippen molar-refractivity contribution in [1.29, 1.82) is 0 Å². The number of carbonyl (C=O) groups excluding carboxylic acids is 1. The number of pyridine rings is 1. The van der Waals surface area contributed by atoms with E-state index in [1.807, 2.05) is 42.1 Å². The van der Waals surface area contributed by atoms with Crippen LogP contribution in [0.4, 0.5) is 5.82 Å². The summed E-state index contributed by atoms with van der Waals surface area (Å²) in [6.07, 6.45) is 3.46. The van der Waals surface area contributed by atoms with Gasteiger partial charge in [0.2, 0.25) is 0 Å². The van der Waals surface area contributed by atoms with Crippen molar-refractivity contribution >= 4 is 23.1 Å². The lowest BCUT2D eigenvalue weighted by Crippen LogP contribution is -2.46. The van der Waals surface area contributed by atoms with Crippen molar-refractivity contribution in [3.05, 3.63) is 75.9 Å². The number of aryl methyl sites for hydroxylation is 1. The molecule has 0 unspecified atom stereocenters. The highest BCUT2D eigenvalue weighted by atomic mass is 32.1. The first-order valence-electron chi connectivity index (χ1n) is 9.91. The van der Waals surface area contributed by atoms with Crippen LogP contribution in [0.1, 0.15) is 39.5 Å². The first kappa shape index (κ1) is 19.6. The van der Waals surface area contributed by atoms with Crippen molar-refractivity contribution in [3.8, 4) is 0 Å². The Bertz CT molecular complexity index is 991. The minimum atomic E-state index is -0.137. The minimum absolute atomic E-state index is 0.0536. The van der Waals surface area contributed by atoms with E-state index in [0.717, 1.165) is 23.5 Å². The molecule has 1 aliphatic rings. The fourth-order valence-electron chi connectivity index (χ4n) is 4.22. The van der Waals surface area contributed by atoms with Gasteiger partial charge < -0.3 is 9.80 Å². The summed E-state index contributed by atoms with van der Waals surface area (Å²) in [6.45, 7) is 3.45. The molecule has 1 fully saturated rings. The average Bonchev–Trinajstić information content (AvgIpc) is 3.20. The molecule has 6 heteroatoms. The Morgan fingerprint density at radius 1 is 1.10 bits per heavy atom. The second-order valence-electron chi connectivity index (χ2n) is 7.76. The van der Waals surface area contributed by atoms with Crippen molar-refractivity contribution in [2.24, 2.45) is 0 Å². The molecule has 0 aliphatic carbocycles. The van der Waals surface area contributed by atoms with Crippen LogP contribution < -0.4 is 4.90 Å². The number of rotatable bonds is 4. The van der Waals surface area contributed by atoms with Crippen LogP contribution in [-0.2, 0) is 5.41 Å². The van der Waals surface area contributed by atoms with Gasteiger partial charge in [0, 0.05) is 44.2 Å². The van der Waals surface area contributed by atoms with Crippen LogP contribution in [0.25, 0.3) is 0 Å². The monoisotopic (exact) mass is 406 g/mol. The summed E-state index contributed by atoms with van der Waals surface area (Å²) in [5.41, 5.74) is 2.94. The van der Waals surface area contributed by atoms with Gasteiger partial charge in [0.25, 0.3) is 5.91 Å². The van der Waals surface area contributed by atoms with Gasteiger partial charge in [0.05, 0.1) is 16.3 Å². The van der Waals surface area contributed by atoms with Crippen LogP contribution in [0.5, 0.6) is 0 Å². The van der Waals surface area contributed by atoms with E-state index in [2.05, 4.69) is 41.6 Å². The number of aromatic nitrogens is 2. The van der Waals surface area contributed by atoms with Crippen LogP contribution in [0.3, 0.4) is 0 Å². The lowest BCUT2D eigenvalue weighted by Gasteiger charge is -2.41. The average molecular weight is 407 g/mol. The summed E-state index contributed by atoms with van der Waals surface area (Å²) in [5, 5.41) is 3.27. The summed E-state index contributed by atoms with van der Waals surface area (Å²) in [5.74, 6) is 0.769. The summed E-state index contributed by atoms with van der Waals surface area (Å²) in [4.78, 5) is 26.4. The number of amides is 1. The Hall–Kier alpha value is -2.73. The highest BCUT2D eigenvalue weighted by Crippen LogP contribution is 2.42. The molecule has 2 aromatic heterocycles. The van der Waals surface area contributed by atoms with Crippen LogP contribution in [-0.4, -0.2) is 48.0 Å². The number of anilines is 1. The molecule has 1 saturated heterocycles. The number of benzene rings is 1. The molecule has 3 aromatic rings. The maximum Gasteiger partial charge on any atom is 0.257 e. The van der Waals surface area contributed by atoms with Crippen molar-refractivity contribution < 1.29 is 4.79 Å². The Labute approximate surface area is 176 Å². The molecular formula is C23H26N4OS. The van der Waals surface area contributed by atoms with Crippen molar-refractivity contribution in [2.45, 2.75) is 25.2 Å². The summed E-state index contributed by atoms with van der Waals surface area (Å²) in [7, 11) is 3.83. The molecule has 0 spiro atoms. The lowest BCUT2D eigenvalue weighted by atomic mass is 9.70. The van der Waals surface area contributed by atoms with E-state index in [9.17, 15) is 4.79 Å². The first-order chi connectivity index (χ1) is 14.0. The van der Waals surface area contributed by atoms with Gasteiger partial charge in [-0.1, -0.05) is 30.3 Å². The van der Waals surface area contributed by atoms with E-state index >= 15 is 0 Å². The van der Waals surface area contributed by atoms with E-state index in [1.54, 1.807) is 17.5 Å². The maximum absolute atomic E-state index is 13.3. The first-order valence-corrected chi connectivity index (χ1v) is 10.8. The van der Waals surface area contributed by atoms with Gasteiger partial charge in [-0.3, -0.25) is 4.79 Å². The number of nitrogens with zero attached hydrogens (tertiary/aromatic N) is 4. The number of hydrogen-bond acceptors (Lipinski definition) is 5. The van der Waals surface area contributed by atoms with E-state index in [1.165, 1.54) is 5.56 Å². The molecule has 0 saturated carbocycles. The van der Waals surface area contributed by atoms with Crippen LogP contribution in [0, 0.1) is 6.92 Å². The zero-order valence-electron chi connectivity index (χ0n) is 17.1. The second-order valence-corrected chi connectivity index (χ2v) is 8.82. The molecule has 0 atom stereocenters. The van der Waals surface area contributed by atoms with Gasteiger partial charge in [-0.2, -0.15) is 0 Å². The topological polar surface area (TPSA) is 49.3 Å². The van der Waals surface area contributed by atoms with E-state index in [4.69, 9.17) is 4.98 Å². The Morgan fingerprint density at radius 3 is 2.45 bits per heavy atom. The maximum atomic E-state index is 13.3. The smallest absolute Gasteiger partial charge is 0.257 e. The standard InChI is InChI=1S/C23H26N4OS/c1-17-25-20(16-29-17)23(18-8-5-4-6-9-18)11-14-27(15-12-23)22(28)19-10-7-13-24-21(19)26(2)3/h4-10,13,16H,11-12,14-15H2,1-3H3. The van der Waals surface area contributed by atoms with Gasteiger partial charge in [0.15, 0.2) is 0 Å². The largest absolute Gasteiger partial charge is 0.362 e. The summed E-state index contributed by atoms with van der Waals surface area (Å²) < 4.78 is 0. The van der Waals surface area contributed by atoms with E-state index in [0.29, 0.717) is 24.5 Å². The number of carbonyl (C=O) groups is 1. The minimum Gasteiger partial charge on any atom is -0.362 e. The SMILES string of the molecule is Cc1nc(C2(c3ccccc3)CCN(C(=O)c3cccnc3N(C)C)CC2)cs1. The Balaban J connectivity index is 1.62. The predicted molar refractivity (Wildman–Crippen MR) is 118 cm³/mol. The molecular weight excluding hydrogens is 380 g/mol. The van der Waals surface area contributed by atoms with Crippen LogP contribution in [0.2, 0.25) is 0 Å². The number of hydrogen-bond donors (Lipinski definition) is 0. The molecule has 0 N–H and O–H groups in total. The van der Waals surface area contributed by atoms with Crippen LogP contribution in [0.15, 0.2) is 54.0 Å². The predicted octanol–water partition coefficient (Wildman–Crippen LogP) is 4.13. The lowest BCUT2D eigenvalue weighted by molar-refractivity contribution is 0.0684. The van der Waals surface area contributed by atoms with Gasteiger partial charge in [0.1, 0.15) is 5.82 Å². The molecule has 0 bridgehead atoms. The molecule has 3 heterocycles. The Morgan fingerprint density at radius 2 is 1.83 bits per heavy atom. The highest BCUT2D eigenvalue weighted by molar-refractivity contribution is 7.09. The molecule has 0 radical (unpaired) electrons. The third-order valence-corrected chi connectivity index (χ3v) is 6.55.